The number of rotatable bonds is 3. The van der Waals surface area contributed by atoms with E-state index in [1.165, 1.54) is 18.3 Å². The molecule has 0 bridgehead atoms. The highest BCUT2D eigenvalue weighted by atomic mass is 19.3. The number of carbonyl (C=O) groups excluding carboxylic acids is 1. The molecular formula is C14H16F2N4O2. The van der Waals surface area contributed by atoms with Gasteiger partial charge < -0.3 is 10.4 Å². The zero-order valence-corrected chi connectivity index (χ0v) is 11.7. The largest absolute Gasteiger partial charge is 0.391 e. The van der Waals surface area contributed by atoms with Crippen LogP contribution in [0.4, 0.5) is 8.78 Å². The number of hydrogen-bond acceptors (Lipinski definition) is 4. The van der Waals surface area contributed by atoms with Crippen LogP contribution < -0.4 is 5.32 Å². The van der Waals surface area contributed by atoms with Gasteiger partial charge in [0.15, 0.2) is 5.65 Å². The van der Waals surface area contributed by atoms with Crippen molar-refractivity contribution in [3.05, 3.63) is 29.7 Å². The number of carbonyl (C=O) groups is 1. The lowest BCUT2D eigenvalue weighted by Gasteiger charge is -2.28. The summed E-state index contributed by atoms with van der Waals surface area (Å²) in [6, 6.07) is 2.67. The molecule has 1 aliphatic rings. The fourth-order valence-electron chi connectivity index (χ4n) is 2.72. The number of amides is 1. The Morgan fingerprint density at radius 1 is 1.32 bits per heavy atom. The molecule has 0 radical (unpaired) electrons. The molecule has 1 aliphatic carbocycles. The van der Waals surface area contributed by atoms with E-state index in [-0.39, 0.29) is 17.3 Å². The second kappa shape index (κ2) is 5.96. The maximum absolute atomic E-state index is 12.8. The summed E-state index contributed by atoms with van der Waals surface area (Å²) in [4.78, 5) is 12.2. The fraction of sp³-hybridized carbons (Fsp3) is 0.500. The minimum absolute atomic E-state index is 0.229. The van der Waals surface area contributed by atoms with Crippen molar-refractivity contribution < 1.29 is 18.7 Å². The van der Waals surface area contributed by atoms with Crippen molar-refractivity contribution in [3.8, 4) is 0 Å². The number of aliphatic hydroxyl groups excluding tert-OH is 1. The van der Waals surface area contributed by atoms with Gasteiger partial charge in [-0.3, -0.25) is 9.20 Å². The van der Waals surface area contributed by atoms with E-state index in [0.29, 0.717) is 12.8 Å². The van der Waals surface area contributed by atoms with Crippen molar-refractivity contribution in [2.75, 3.05) is 0 Å². The molecule has 1 fully saturated rings. The van der Waals surface area contributed by atoms with Crippen LogP contribution in [0.25, 0.3) is 5.65 Å². The normalized spacial score (nSPS) is 22.2. The first-order chi connectivity index (χ1) is 10.6. The summed E-state index contributed by atoms with van der Waals surface area (Å²) in [5.41, 5.74) is 0.483. The van der Waals surface area contributed by atoms with Crippen molar-refractivity contribution in [3.63, 3.8) is 0 Å². The monoisotopic (exact) mass is 310 g/mol. The van der Waals surface area contributed by atoms with Crippen LogP contribution in [0.15, 0.2) is 18.3 Å². The number of hydrogen-bond donors (Lipinski definition) is 2. The van der Waals surface area contributed by atoms with E-state index in [0.717, 1.165) is 17.2 Å². The van der Waals surface area contributed by atoms with Gasteiger partial charge in [0.2, 0.25) is 5.82 Å². The number of pyridine rings is 1. The Kier molecular flexibility index (Phi) is 4.02. The lowest BCUT2D eigenvalue weighted by atomic mass is 9.92. The molecule has 1 saturated carbocycles. The smallest absolute Gasteiger partial charge is 0.297 e. The SMILES string of the molecule is O=C(NC1CCCCC1O)c1ccc2nnc(C(F)F)n2c1. The van der Waals surface area contributed by atoms with Crippen LogP contribution in [0.5, 0.6) is 0 Å². The summed E-state index contributed by atoms with van der Waals surface area (Å²) >= 11 is 0. The summed E-state index contributed by atoms with van der Waals surface area (Å²) in [6.07, 6.45) is 1.22. The molecule has 2 atom stereocenters. The molecule has 2 aromatic rings. The van der Waals surface area contributed by atoms with Gasteiger partial charge in [0.25, 0.3) is 12.3 Å². The van der Waals surface area contributed by atoms with E-state index >= 15 is 0 Å². The number of halogens is 2. The summed E-state index contributed by atoms with van der Waals surface area (Å²) in [6.45, 7) is 0. The Labute approximate surface area is 125 Å². The van der Waals surface area contributed by atoms with E-state index in [4.69, 9.17) is 0 Å². The quantitative estimate of drug-likeness (QED) is 0.904. The van der Waals surface area contributed by atoms with Gasteiger partial charge in [0, 0.05) is 6.20 Å². The summed E-state index contributed by atoms with van der Waals surface area (Å²) in [5, 5.41) is 19.7. The topological polar surface area (TPSA) is 79.5 Å². The highest BCUT2D eigenvalue weighted by molar-refractivity contribution is 5.94. The minimum atomic E-state index is -2.77. The highest BCUT2D eigenvalue weighted by Crippen LogP contribution is 2.20. The highest BCUT2D eigenvalue weighted by Gasteiger charge is 2.25. The molecule has 0 aromatic carbocycles. The molecule has 1 amide bonds. The predicted molar refractivity (Wildman–Crippen MR) is 73.7 cm³/mol. The van der Waals surface area contributed by atoms with E-state index in [2.05, 4.69) is 15.5 Å². The number of fused-ring (bicyclic) bond motifs is 1. The molecule has 22 heavy (non-hydrogen) atoms. The Balaban J connectivity index is 1.83. The van der Waals surface area contributed by atoms with Gasteiger partial charge in [0.05, 0.1) is 17.7 Å². The zero-order chi connectivity index (χ0) is 15.7. The zero-order valence-electron chi connectivity index (χ0n) is 11.7. The first-order valence-electron chi connectivity index (χ1n) is 7.18. The average Bonchev–Trinajstić information content (AvgIpc) is 2.92. The van der Waals surface area contributed by atoms with Crippen LogP contribution in [0.1, 0.15) is 48.3 Å². The molecule has 2 heterocycles. The van der Waals surface area contributed by atoms with Crippen molar-refractivity contribution in [2.45, 2.75) is 44.3 Å². The Hall–Kier alpha value is -2.09. The van der Waals surface area contributed by atoms with Gasteiger partial charge in [-0.1, -0.05) is 12.8 Å². The third-order valence-electron chi connectivity index (χ3n) is 3.93. The van der Waals surface area contributed by atoms with Gasteiger partial charge in [-0.05, 0) is 25.0 Å². The van der Waals surface area contributed by atoms with E-state index in [1.807, 2.05) is 0 Å². The Morgan fingerprint density at radius 3 is 2.82 bits per heavy atom. The van der Waals surface area contributed by atoms with Crippen LogP contribution in [-0.2, 0) is 0 Å². The Bertz CT molecular complexity index is 689. The van der Waals surface area contributed by atoms with Crippen LogP contribution in [-0.4, -0.2) is 37.8 Å². The van der Waals surface area contributed by atoms with E-state index in [1.54, 1.807) is 0 Å². The van der Waals surface area contributed by atoms with Crippen molar-refractivity contribution in [1.29, 1.82) is 0 Å². The molecule has 8 heteroatoms. The minimum Gasteiger partial charge on any atom is -0.391 e. The Morgan fingerprint density at radius 2 is 2.09 bits per heavy atom. The lowest BCUT2D eigenvalue weighted by Crippen LogP contribution is -2.45. The van der Waals surface area contributed by atoms with Gasteiger partial charge in [0.1, 0.15) is 0 Å². The van der Waals surface area contributed by atoms with Crippen LogP contribution >= 0.6 is 0 Å². The lowest BCUT2D eigenvalue weighted by molar-refractivity contribution is 0.0717. The molecule has 6 nitrogen and oxygen atoms in total. The van der Waals surface area contributed by atoms with Crippen LogP contribution in [0.2, 0.25) is 0 Å². The summed E-state index contributed by atoms with van der Waals surface area (Å²) in [7, 11) is 0. The van der Waals surface area contributed by atoms with Crippen molar-refractivity contribution in [1.82, 2.24) is 19.9 Å². The fourth-order valence-corrected chi connectivity index (χ4v) is 2.72. The van der Waals surface area contributed by atoms with Gasteiger partial charge in [-0.15, -0.1) is 10.2 Å². The first-order valence-corrected chi connectivity index (χ1v) is 7.18. The maximum Gasteiger partial charge on any atom is 0.297 e. The van der Waals surface area contributed by atoms with Crippen molar-refractivity contribution in [2.24, 2.45) is 0 Å². The number of aliphatic hydroxyl groups is 1. The molecule has 118 valence electrons. The molecule has 0 saturated heterocycles. The molecule has 2 N–H and O–H groups in total. The third kappa shape index (κ3) is 2.78. The number of aromatic nitrogens is 3. The second-order valence-electron chi connectivity index (χ2n) is 5.44. The number of alkyl halides is 2. The van der Waals surface area contributed by atoms with E-state index < -0.39 is 24.3 Å². The van der Waals surface area contributed by atoms with Gasteiger partial charge in [-0.25, -0.2) is 8.78 Å². The standard InChI is InChI=1S/C14H16F2N4O2/c15-12(16)13-19-18-11-6-5-8(7-20(11)13)14(22)17-9-3-1-2-4-10(9)21/h5-7,9-10,12,21H,1-4H2,(H,17,22). The van der Waals surface area contributed by atoms with E-state index in [9.17, 15) is 18.7 Å². The predicted octanol–water partition coefficient (Wildman–Crippen LogP) is 1.70. The first kappa shape index (κ1) is 14.8. The van der Waals surface area contributed by atoms with Gasteiger partial charge in [-0.2, -0.15) is 0 Å². The molecule has 0 aliphatic heterocycles. The average molecular weight is 310 g/mol. The summed E-state index contributed by atoms with van der Waals surface area (Å²) < 4.78 is 26.8. The van der Waals surface area contributed by atoms with Gasteiger partial charge >= 0.3 is 0 Å². The van der Waals surface area contributed by atoms with Crippen LogP contribution in [0, 0.1) is 0 Å². The maximum atomic E-state index is 12.8. The second-order valence-corrected chi connectivity index (χ2v) is 5.44. The molecule has 2 unspecified atom stereocenters. The number of nitrogens with one attached hydrogen (secondary N) is 1. The summed E-state index contributed by atoms with van der Waals surface area (Å²) in [5.74, 6) is -0.899. The van der Waals surface area contributed by atoms with Crippen molar-refractivity contribution >= 4 is 11.6 Å². The molecule has 2 aromatic heterocycles. The molecule has 3 rings (SSSR count). The molecule has 0 spiro atoms. The third-order valence-corrected chi connectivity index (χ3v) is 3.93. The van der Waals surface area contributed by atoms with Crippen LogP contribution in [0.3, 0.4) is 0 Å². The number of nitrogens with zero attached hydrogens (tertiary/aromatic N) is 3. The molecular weight excluding hydrogens is 294 g/mol.